The van der Waals surface area contributed by atoms with Crippen molar-refractivity contribution in [2.45, 2.75) is 59.2 Å². The Bertz CT molecular complexity index is 217. The lowest BCUT2D eigenvalue weighted by Gasteiger charge is -2.21. The maximum Gasteiger partial charge on any atom is 0.322 e. The number of carbonyl (C=O) groups excluding carboxylic acids is 1. The van der Waals surface area contributed by atoms with Gasteiger partial charge in [0.2, 0.25) is 0 Å². The van der Waals surface area contributed by atoms with Crippen LogP contribution in [0.2, 0.25) is 0 Å². The van der Waals surface area contributed by atoms with Gasteiger partial charge in [-0.25, -0.2) is 0 Å². The van der Waals surface area contributed by atoms with Crippen LogP contribution < -0.4 is 5.32 Å². The van der Waals surface area contributed by atoms with Gasteiger partial charge in [-0.1, -0.05) is 27.7 Å². The molecule has 0 aliphatic rings. The highest BCUT2D eigenvalue weighted by molar-refractivity contribution is 5.75. The Morgan fingerprint density at radius 1 is 1.18 bits per heavy atom. The predicted molar refractivity (Wildman–Crippen MR) is 68.9 cm³/mol. The molecule has 0 aliphatic heterocycles. The van der Waals surface area contributed by atoms with E-state index in [0.717, 1.165) is 0 Å². The average Bonchev–Trinajstić information content (AvgIpc) is 2.25. The molecule has 102 valence electrons. The summed E-state index contributed by atoms with van der Waals surface area (Å²) < 4.78 is 10.4. The Labute approximate surface area is 105 Å². The van der Waals surface area contributed by atoms with Crippen molar-refractivity contribution in [1.82, 2.24) is 5.32 Å². The van der Waals surface area contributed by atoms with E-state index in [1.54, 1.807) is 0 Å². The molecule has 0 spiro atoms. The van der Waals surface area contributed by atoms with Crippen LogP contribution in [-0.2, 0) is 14.3 Å². The summed E-state index contributed by atoms with van der Waals surface area (Å²) in [5.74, 6) is 0.268. The Morgan fingerprint density at radius 2 is 1.76 bits per heavy atom. The van der Waals surface area contributed by atoms with Gasteiger partial charge in [0.15, 0.2) is 0 Å². The summed E-state index contributed by atoms with van der Waals surface area (Å²) in [6.07, 6.45) is 0.856. The van der Waals surface area contributed by atoms with Gasteiger partial charge in [0.25, 0.3) is 0 Å². The molecule has 0 aromatic rings. The van der Waals surface area contributed by atoms with Crippen molar-refractivity contribution in [2.24, 2.45) is 5.92 Å². The highest BCUT2D eigenvalue weighted by atomic mass is 16.5. The summed E-state index contributed by atoms with van der Waals surface area (Å²) in [5, 5.41) is 3.18. The highest BCUT2D eigenvalue weighted by Gasteiger charge is 2.20. The molecule has 17 heavy (non-hydrogen) atoms. The van der Waals surface area contributed by atoms with Gasteiger partial charge in [0, 0.05) is 12.6 Å². The van der Waals surface area contributed by atoms with Gasteiger partial charge in [0.05, 0.1) is 13.2 Å². The van der Waals surface area contributed by atoms with E-state index in [1.807, 2.05) is 20.8 Å². The summed E-state index contributed by atoms with van der Waals surface area (Å²) in [6.45, 7) is 10.9. The van der Waals surface area contributed by atoms with Crippen molar-refractivity contribution in [3.8, 4) is 0 Å². The third kappa shape index (κ3) is 7.34. The van der Waals surface area contributed by atoms with E-state index in [0.29, 0.717) is 18.9 Å². The number of rotatable bonds is 8. The zero-order valence-electron chi connectivity index (χ0n) is 11.9. The summed E-state index contributed by atoms with van der Waals surface area (Å²) >= 11 is 0. The number of methoxy groups -OCH3 is 1. The SMILES string of the molecule is COC(=O)C(CCOC(C)C(C)C)NC(C)C. The highest BCUT2D eigenvalue weighted by Crippen LogP contribution is 2.07. The minimum atomic E-state index is -0.278. The molecule has 0 saturated carbocycles. The van der Waals surface area contributed by atoms with E-state index >= 15 is 0 Å². The first-order chi connectivity index (χ1) is 7.88. The number of nitrogens with one attached hydrogen (secondary N) is 1. The minimum absolute atomic E-state index is 0.215. The minimum Gasteiger partial charge on any atom is -0.468 e. The number of esters is 1. The number of ether oxygens (including phenoxy) is 2. The normalized spacial score (nSPS) is 15.1. The van der Waals surface area contributed by atoms with Gasteiger partial charge >= 0.3 is 5.97 Å². The van der Waals surface area contributed by atoms with Crippen molar-refractivity contribution in [2.75, 3.05) is 13.7 Å². The second-order valence-corrected chi connectivity index (χ2v) is 5.01. The topological polar surface area (TPSA) is 47.6 Å². The fraction of sp³-hybridized carbons (Fsp3) is 0.923. The van der Waals surface area contributed by atoms with Crippen LogP contribution in [0.3, 0.4) is 0 Å². The van der Waals surface area contributed by atoms with Crippen LogP contribution in [0.1, 0.15) is 41.0 Å². The van der Waals surface area contributed by atoms with Gasteiger partial charge in [-0.2, -0.15) is 0 Å². The van der Waals surface area contributed by atoms with E-state index in [4.69, 9.17) is 9.47 Å². The first-order valence-electron chi connectivity index (χ1n) is 6.34. The molecule has 4 nitrogen and oxygen atoms in total. The molecular weight excluding hydrogens is 218 g/mol. The van der Waals surface area contributed by atoms with Crippen molar-refractivity contribution in [3.05, 3.63) is 0 Å². The largest absolute Gasteiger partial charge is 0.468 e. The fourth-order valence-corrected chi connectivity index (χ4v) is 1.38. The molecule has 4 heteroatoms. The van der Waals surface area contributed by atoms with Crippen LogP contribution in [-0.4, -0.2) is 37.9 Å². The second kappa shape index (κ2) is 8.48. The van der Waals surface area contributed by atoms with Crippen LogP contribution in [0.4, 0.5) is 0 Å². The molecule has 0 aromatic carbocycles. The molecule has 0 aliphatic carbocycles. The molecular formula is C13H27NO3. The lowest BCUT2D eigenvalue weighted by atomic mass is 10.1. The van der Waals surface area contributed by atoms with Crippen LogP contribution in [0, 0.1) is 5.92 Å². The Balaban J connectivity index is 4.04. The lowest BCUT2D eigenvalue weighted by Crippen LogP contribution is -2.42. The van der Waals surface area contributed by atoms with Gasteiger partial charge in [-0.05, 0) is 19.3 Å². The van der Waals surface area contributed by atoms with Gasteiger partial charge in [-0.15, -0.1) is 0 Å². The molecule has 0 bridgehead atoms. The number of hydrogen-bond donors (Lipinski definition) is 1. The van der Waals surface area contributed by atoms with Gasteiger partial charge < -0.3 is 14.8 Å². The first kappa shape index (κ1) is 16.4. The third-order valence-corrected chi connectivity index (χ3v) is 2.75. The lowest BCUT2D eigenvalue weighted by molar-refractivity contribution is -0.144. The maximum absolute atomic E-state index is 11.5. The Morgan fingerprint density at radius 3 is 2.18 bits per heavy atom. The Kier molecular flexibility index (Phi) is 8.17. The van der Waals surface area contributed by atoms with Crippen molar-refractivity contribution in [1.29, 1.82) is 0 Å². The van der Waals surface area contributed by atoms with Gasteiger partial charge in [-0.3, -0.25) is 4.79 Å². The quantitative estimate of drug-likeness (QED) is 0.664. The molecule has 0 amide bonds. The number of hydrogen-bond acceptors (Lipinski definition) is 4. The number of carbonyl (C=O) groups is 1. The van der Waals surface area contributed by atoms with Gasteiger partial charge in [0.1, 0.15) is 6.04 Å². The molecule has 0 fully saturated rings. The molecule has 0 saturated heterocycles. The molecule has 1 N–H and O–H groups in total. The third-order valence-electron chi connectivity index (χ3n) is 2.75. The van der Waals surface area contributed by atoms with Crippen LogP contribution in [0.25, 0.3) is 0 Å². The van der Waals surface area contributed by atoms with E-state index in [2.05, 4.69) is 19.2 Å². The first-order valence-corrected chi connectivity index (χ1v) is 6.34. The molecule has 0 heterocycles. The van der Waals surface area contributed by atoms with Crippen LogP contribution >= 0.6 is 0 Å². The summed E-state index contributed by atoms with van der Waals surface area (Å²) in [7, 11) is 1.41. The van der Waals surface area contributed by atoms with E-state index in [9.17, 15) is 4.79 Å². The van der Waals surface area contributed by atoms with Crippen molar-refractivity contribution >= 4 is 5.97 Å². The van der Waals surface area contributed by atoms with E-state index in [1.165, 1.54) is 7.11 Å². The fourth-order valence-electron chi connectivity index (χ4n) is 1.38. The predicted octanol–water partition coefficient (Wildman–Crippen LogP) is 1.98. The summed E-state index contributed by atoms with van der Waals surface area (Å²) in [4.78, 5) is 11.5. The summed E-state index contributed by atoms with van der Waals surface area (Å²) in [5.41, 5.74) is 0. The van der Waals surface area contributed by atoms with E-state index in [-0.39, 0.29) is 24.2 Å². The zero-order chi connectivity index (χ0) is 13.4. The average molecular weight is 245 g/mol. The maximum atomic E-state index is 11.5. The van der Waals surface area contributed by atoms with Crippen molar-refractivity contribution in [3.63, 3.8) is 0 Å². The standard InChI is InChI=1S/C13H27NO3/c1-9(2)11(5)17-8-7-12(13(15)16-6)14-10(3)4/h9-12,14H,7-8H2,1-6H3. The second-order valence-electron chi connectivity index (χ2n) is 5.01. The zero-order valence-corrected chi connectivity index (χ0v) is 11.9. The van der Waals surface area contributed by atoms with Crippen LogP contribution in [0.15, 0.2) is 0 Å². The molecule has 0 rings (SSSR count). The summed E-state index contributed by atoms with van der Waals surface area (Å²) in [6, 6.07) is -0.0269. The Hall–Kier alpha value is -0.610. The van der Waals surface area contributed by atoms with Crippen LogP contribution in [0.5, 0.6) is 0 Å². The molecule has 2 unspecified atom stereocenters. The van der Waals surface area contributed by atoms with E-state index < -0.39 is 0 Å². The molecule has 0 aromatic heterocycles. The van der Waals surface area contributed by atoms with Crippen molar-refractivity contribution < 1.29 is 14.3 Å². The smallest absolute Gasteiger partial charge is 0.322 e. The monoisotopic (exact) mass is 245 g/mol. The molecule has 0 radical (unpaired) electrons. The molecule has 2 atom stereocenters.